The summed E-state index contributed by atoms with van der Waals surface area (Å²) in [6, 6.07) is 0. The number of hydrogen-bond donors (Lipinski definition) is 0. The first-order chi connectivity index (χ1) is 4.85. The summed E-state index contributed by atoms with van der Waals surface area (Å²) in [7, 11) is 0. The van der Waals surface area contributed by atoms with Gasteiger partial charge >= 0.3 is 0 Å². The molecule has 0 spiro atoms. The molecule has 0 amide bonds. The molecular formula is C9H13N. The van der Waals surface area contributed by atoms with Crippen molar-refractivity contribution in [3.63, 3.8) is 0 Å². The molecule has 0 rings (SSSR count). The molecule has 0 aromatic carbocycles. The van der Waals surface area contributed by atoms with Gasteiger partial charge in [-0.3, -0.25) is 4.99 Å². The smallest absolute Gasteiger partial charge is 0.0568 e. The van der Waals surface area contributed by atoms with Crippen LogP contribution in [0.2, 0.25) is 0 Å². The molecule has 0 fully saturated rings. The third-order valence-corrected chi connectivity index (χ3v) is 0.953. The largest absolute Gasteiger partial charge is 0.286 e. The number of nitrogens with zero attached hydrogens (tertiary/aromatic N) is 1. The van der Waals surface area contributed by atoms with E-state index in [0.717, 1.165) is 12.3 Å². The first-order valence-corrected chi connectivity index (χ1v) is 3.31. The van der Waals surface area contributed by atoms with E-state index in [0.29, 0.717) is 0 Å². The summed E-state index contributed by atoms with van der Waals surface area (Å²) < 4.78 is 0. The van der Waals surface area contributed by atoms with E-state index in [1.165, 1.54) is 0 Å². The van der Waals surface area contributed by atoms with Crippen molar-refractivity contribution in [3.05, 3.63) is 37.5 Å². The second-order valence-corrected chi connectivity index (χ2v) is 1.70. The molecule has 0 aliphatic carbocycles. The minimum atomic E-state index is 0.794. The van der Waals surface area contributed by atoms with Crippen molar-refractivity contribution in [3.8, 4) is 0 Å². The first kappa shape index (κ1) is 8.89. The van der Waals surface area contributed by atoms with Crippen LogP contribution in [0.25, 0.3) is 0 Å². The Labute approximate surface area is 62.5 Å². The van der Waals surface area contributed by atoms with Crippen molar-refractivity contribution in [2.45, 2.75) is 6.92 Å². The van der Waals surface area contributed by atoms with Gasteiger partial charge in [-0.2, -0.15) is 0 Å². The zero-order valence-electron chi connectivity index (χ0n) is 6.38. The molecule has 1 nitrogen and oxygen atoms in total. The molecule has 0 saturated heterocycles. The highest BCUT2D eigenvalue weighted by atomic mass is 14.7. The van der Waals surface area contributed by atoms with Gasteiger partial charge in [0.1, 0.15) is 0 Å². The Morgan fingerprint density at radius 3 is 2.60 bits per heavy atom. The Kier molecular flexibility index (Phi) is 5.35. The van der Waals surface area contributed by atoms with E-state index >= 15 is 0 Å². The van der Waals surface area contributed by atoms with Gasteiger partial charge < -0.3 is 0 Å². The zero-order valence-corrected chi connectivity index (χ0v) is 6.38. The SMILES string of the molecule is C=C/C=C\C(C=C)=NCC. The van der Waals surface area contributed by atoms with Crippen molar-refractivity contribution in [2.24, 2.45) is 4.99 Å². The second kappa shape index (κ2) is 6.02. The molecule has 0 atom stereocenters. The third kappa shape index (κ3) is 3.84. The number of hydrogen-bond acceptors (Lipinski definition) is 1. The molecule has 0 aromatic rings. The Morgan fingerprint density at radius 2 is 2.20 bits per heavy atom. The van der Waals surface area contributed by atoms with Gasteiger partial charge in [0.15, 0.2) is 0 Å². The summed E-state index contributed by atoms with van der Waals surface area (Å²) in [6.07, 6.45) is 7.16. The summed E-state index contributed by atoms with van der Waals surface area (Å²) in [6.45, 7) is 9.95. The fraction of sp³-hybridized carbons (Fsp3) is 0.222. The zero-order chi connectivity index (χ0) is 7.82. The molecule has 1 heteroatoms. The molecular weight excluding hydrogens is 122 g/mol. The van der Waals surface area contributed by atoms with Crippen LogP contribution in [0.15, 0.2) is 42.5 Å². The Balaban J connectivity index is 4.07. The van der Waals surface area contributed by atoms with E-state index in [4.69, 9.17) is 0 Å². The van der Waals surface area contributed by atoms with E-state index in [2.05, 4.69) is 18.2 Å². The van der Waals surface area contributed by atoms with Crippen molar-refractivity contribution in [2.75, 3.05) is 6.54 Å². The fourth-order valence-corrected chi connectivity index (χ4v) is 0.535. The lowest BCUT2D eigenvalue weighted by Crippen LogP contribution is -1.86. The summed E-state index contributed by atoms with van der Waals surface area (Å²) in [5.41, 5.74) is 0.905. The van der Waals surface area contributed by atoms with Gasteiger partial charge in [-0.25, -0.2) is 0 Å². The highest BCUT2D eigenvalue weighted by Crippen LogP contribution is 1.84. The summed E-state index contributed by atoms with van der Waals surface area (Å²) >= 11 is 0. The van der Waals surface area contributed by atoms with Crippen LogP contribution in [0.3, 0.4) is 0 Å². The van der Waals surface area contributed by atoms with Crippen LogP contribution in [0.4, 0.5) is 0 Å². The van der Waals surface area contributed by atoms with Gasteiger partial charge in [-0.05, 0) is 19.1 Å². The lowest BCUT2D eigenvalue weighted by atomic mass is 10.3. The molecule has 0 aromatic heterocycles. The lowest BCUT2D eigenvalue weighted by molar-refractivity contribution is 1.13. The number of rotatable bonds is 4. The van der Waals surface area contributed by atoms with Gasteiger partial charge in [0.25, 0.3) is 0 Å². The maximum absolute atomic E-state index is 4.14. The molecule has 0 saturated carbocycles. The Morgan fingerprint density at radius 1 is 1.50 bits per heavy atom. The van der Waals surface area contributed by atoms with Crippen molar-refractivity contribution >= 4 is 5.71 Å². The summed E-state index contributed by atoms with van der Waals surface area (Å²) in [5, 5.41) is 0. The highest BCUT2D eigenvalue weighted by Gasteiger charge is 1.80. The van der Waals surface area contributed by atoms with E-state index in [1.807, 2.05) is 19.1 Å². The van der Waals surface area contributed by atoms with Crippen LogP contribution < -0.4 is 0 Å². The molecule has 0 heterocycles. The van der Waals surface area contributed by atoms with Gasteiger partial charge in [-0.15, -0.1) is 0 Å². The van der Waals surface area contributed by atoms with Crippen LogP contribution in [0, 0.1) is 0 Å². The van der Waals surface area contributed by atoms with Crippen LogP contribution >= 0.6 is 0 Å². The summed E-state index contributed by atoms with van der Waals surface area (Å²) in [5.74, 6) is 0. The van der Waals surface area contributed by atoms with Crippen LogP contribution in [-0.4, -0.2) is 12.3 Å². The molecule has 0 radical (unpaired) electrons. The Hall–Kier alpha value is -1.11. The fourth-order valence-electron chi connectivity index (χ4n) is 0.535. The first-order valence-electron chi connectivity index (χ1n) is 3.31. The number of allylic oxidation sites excluding steroid dienone is 4. The monoisotopic (exact) mass is 135 g/mol. The predicted octanol–water partition coefficient (Wildman–Crippen LogP) is 2.38. The standard InChI is InChI=1S/C9H13N/c1-4-7-8-9(5-2)10-6-3/h4-5,7-8H,1-2,6H2,3H3/b8-7-,10-9?. The van der Waals surface area contributed by atoms with Gasteiger partial charge in [0.05, 0.1) is 5.71 Å². The predicted molar refractivity (Wildman–Crippen MR) is 47.5 cm³/mol. The number of aliphatic imine (C=N–C) groups is 1. The van der Waals surface area contributed by atoms with E-state index in [1.54, 1.807) is 12.2 Å². The molecule has 10 heavy (non-hydrogen) atoms. The normalized spacial score (nSPS) is 11.9. The van der Waals surface area contributed by atoms with Crippen LogP contribution in [-0.2, 0) is 0 Å². The molecule has 0 N–H and O–H groups in total. The molecule has 0 unspecified atom stereocenters. The quantitative estimate of drug-likeness (QED) is 0.414. The average Bonchev–Trinajstić information content (AvgIpc) is 1.98. The maximum Gasteiger partial charge on any atom is 0.0568 e. The molecule has 54 valence electrons. The van der Waals surface area contributed by atoms with Gasteiger partial charge in [0.2, 0.25) is 0 Å². The molecule has 0 aliphatic rings. The van der Waals surface area contributed by atoms with Crippen molar-refractivity contribution in [1.29, 1.82) is 0 Å². The lowest BCUT2D eigenvalue weighted by Gasteiger charge is -1.88. The van der Waals surface area contributed by atoms with Crippen LogP contribution in [0.1, 0.15) is 6.92 Å². The van der Waals surface area contributed by atoms with Gasteiger partial charge in [-0.1, -0.05) is 25.3 Å². The minimum absolute atomic E-state index is 0.794. The van der Waals surface area contributed by atoms with E-state index in [-0.39, 0.29) is 0 Å². The van der Waals surface area contributed by atoms with Gasteiger partial charge in [0, 0.05) is 6.54 Å². The van der Waals surface area contributed by atoms with Crippen LogP contribution in [0.5, 0.6) is 0 Å². The third-order valence-electron chi connectivity index (χ3n) is 0.953. The average molecular weight is 135 g/mol. The topological polar surface area (TPSA) is 12.4 Å². The molecule has 0 aliphatic heterocycles. The summed E-state index contributed by atoms with van der Waals surface area (Å²) in [4.78, 5) is 4.14. The Bertz CT molecular complexity index is 164. The van der Waals surface area contributed by atoms with E-state index < -0.39 is 0 Å². The highest BCUT2D eigenvalue weighted by molar-refractivity contribution is 6.03. The van der Waals surface area contributed by atoms with E-state index in [9.17, 15) is 0 Å². The van der Waals surface area contributed by atoms with Crippen molar-refractivity contribution in [1.82, 2.24) is 0 Å². The van der Waals surface area contributed by atoms with Crippen molar-refractivity contribution < 1.29 is 0 Å². The second-order valence-electron chi connectivity index (χ2n) is 1.70. The molecule has 0 bridgehead atoms. The maximum atomic E-state index is 4.14. The minimum Gasteiger partial charge on any atom is -0.286 e.